The Morgan fingerprint density at radius 1 is 1.56 bits per heavy atom. The predicted octanol–water partition coefficient (Wildman–Crippen LogP) is 1.60. The number of morpholine rings is 1. The van der Waals surface area contributed by atoms with Crippen LogP contribution in [0, 0.1) is 5.82 Å². The lowest BCUT2D eigenvalue weighted by molar-refractivity contribution is 0.0373. The van der Waals surface area contributed by atoms with Gasteiger partial charge in [0.2, 0.25) is 5.95 Å². The average molecular weight is 290 g/mol. The molecule has 1 aliphatic heterocycles. The molecule has 4 nitrogen and oxygen atoms in total. The summed E-state index contributed by atoms with van der Waals surface area (Å²) in [5.41, 5.74) is 0. The molecular weight excluding hydrogens is 277 g/mol. The van der Waals surface area contributed by atoms with Gasteiger partial charge in [-0.25, -0.2) is 14.4 Å². The van der Waals surface area contributed by atoms with Gasteiger partial charge in [0, 0.05) is 11.9 Å². The molecule has 0 amide bonds. The second-order valence-corrected chi connectivity index (χ2v) is 4.46. The first-order valence-electron chi connectivity index (χ1n) is 5.12. The molecule has 1 aromatic rings. The fraction of sp³-hybridized carbons (Fsp3) is 0.600. The molecule has 1 aliphatic rings. The average Bonchev–Trinajstić information content (AvgIpc) is 2.31. The van der Waals surface area contributed by atoms with Crippen molar-refractivity contribution in [2.45, 2.75) is 19.1 Å². The Bertz CT molecular complexity index is 348. The highest BCUT2D eigenvalue weighted by atomic mass is 79.9. The largest absolute Gasteiger partial charge is 0.373 e. The topological polar surface area (TPSA) is 38.2 Å². The number of aromatic nitrogens is 2. The summed E-state index contributed by atoms with van der Waals surface area (Å²) >= 11 is 3.39. The van der Waals surface area contributed by atoms with Crippen LogP contribution in [0.3, 0.4) is 0 Å². The molecule has 2 atom stereocenters. The monoisotopic (exact) mass is 289 g/mol. The number of nitrogens with zero attached hydrogens (tertiary/aromatic N) is 3. The van der Waals surface area contributed by atoms with Crippen molar-refractivity contribution in [3.63, 3.8) is 0 Å². The van der Waals surface area contributed by atoms with Crippen LogP contribution < -0.4 is 4.90 Å². The quantitative estimate of drug-likeness (QED) is 0.776. The maximum absolute atomic E-state index is 12.7. The lowest BCUT2D eigenvalue weighted by Crippen LogP contribution is -2.49. The van der Waals surface area contributed by atoms with E-state index in [0.29, 0.717) is 12.6 Å². The second-order valence-electron chi connectivity index (χ2n) is 3.81. The maximum Gasteiger partial charge on any atom is 0.225 e. The first-order chi connectivity index (χ1) is 7.70. The summed E-state index contributed by atoms with van der Waals surface area (Å²) in [4.78, 5) is 10.0. The fourth-order valence-electron chi connectivity index (χ4n) is 1.64. The second kappa shape index (κ2) is 5.05. The Morgan fingerprint density at radius 2 is 2.25 bits per heavy atom. The molecule has 1 aromatic heterocycles. The van der Waals surface area contributed by atoms with Gasteiger partial charge >= 0.3 is 0 Å². The number of hydrogen-bond acceptors (Lipinski definition) is 4. The van der Waals surface area contributed by atoms with Gasteiger partial charge in [0.1, 0.15) is 0 Å². The van der Waals surface area contributed by atoms with Gasteiger partial charge in [0.15, 0.2) is 5.82 Å². The zero-order chi connectivity index (χ0) is 11.5. The Labute approximate surface area is 102 Å². The molecule has 1 fully saturated rings. The van der Waals surface area contributed by atoms with Crippen LogP contribution in [0.25, 0.3) is 0 Å². The third kappa shape index (κ3) is 2.49. The number of hydrogen-bond donors (Lipinski definition) is 0. The SMILES string of the molecule is CC1COC(CBr)CN1c1ncc(F)cn1. The number of halogens is 2. The summed E-state index contributed by atoms with van der Waals surface area (Å²) in [6.07, 6.45) is 2.51. The minimum atomic E-state index is -0.415. The van der Waals surface area contributed by atoms with Crippen LogP contribution in [-0.2, 0) is 4.74 Å². The van der Waals surface area contributed by atoms with Crippen molar-refractivity contribution >= 4 is 21.9 Å². The first-order valence-corrected chi connectivity index (χ1v) is 6.24. The zero-order valence-electron chi connectivity index (χ0n) is 8.94. The number of alkyl halides is 1. The van der Waals surface area contributed by atoms with Gasteiger partial charge in [-0.15, -0.1) is 0 Å². The van der Waals surface area contributed by atoms with Gasteiger partial charge < -0.3 is 9.64 Å². The molecule has 0 N–H and O–H groups in total. The molecule has 0 spiro atoms. The van der Waals surface area contributed by atoms with Crippen LogP contribution in [-0.4, -0.2) is 40.6 Å². The summed E-state index contributed by atoms with van der Waals surface area (Å²) < 4.78 is 18.3. The van der Waals surface area contributed by atoms with Gasteiger partial charge in [0.05, 0.1) is 31.1 Å². The molecule has 6 heteroatoms. The fourth-order valence-corrected chi connectivity index (χ4v) is 2.03. The Morgan fingerprint density at radius 3 is 2.88 bits per heavy atom. The summed E-state index contributed by atoms with van der Waals surface area (Å²) in [5.74, 6) is 0.143. The predicted molar refractivity (Wildman–Crippen MR) is 62.3 cm³/mol. The van der Waals surface area contributed by atoms with E-state index in [0.717, 1.165) is 11.9 Å². The van der Waals surface area contributed by atoms with Crippen LogP contribution >= 0.6 is 15.9 Å². The number of rotatable bonds is 2. The van der Waals surface area contributed by atoms with Gasteiger partial charge in [-0.2, -0.15) is 0 Å². The van der Waals surface area contributed by atoms with Crippen molar-refractivity contribution in [3.05, 3.63) is 18.2 Å². The lowest BCUT2D eigenvalue weighted by atomic mass is 10.2. The van der Waals surface area contributed by atoms with Crippen LogP contribution in [0.5, 0.6) is 0 Å². The van der Waals surface area contributed by atoms with E-state index in [1.165, 1.54) is 12.4 Å². The standard InChI is InChI=1S/C10H13BrFN3O/c1-7-6-16-9(2-11)5-15(7)10-13-3-8(12)4-14-10/h3-4,7,9H,2,5-6H2,1H3. The van der Waals surface area contributed by atoms with E-state index < -0.39 is 5.82 Å². The highest BCUT2D eigenvalue weighted by Gasteiger charge is 2.27. The van der Waals surface area contributed by atoms with E-state index in [-0.39, 0.29) is 12.1 Å². The Hall–Kier alpha value is -0.750. The normalized spacial score (nSPS) is 25.8. The van der Waals surface area contributed by atoms with E-state index in [4.69, 9.17) is 4.74 Å². The van der Waals surface area contributed by atoms with Crippen molar-refractivity contribution < 1.29 is 9.13 Å². The summed E-state index contributed by atoms with van der Waals surface area (Å²) in [7, 11) is 0. The lowest BCUT2D eigenvalue weighted by Gasteiger charge is -2.37. The molecule has 0 aromatic carbocycles. The van der Waals surface area contributed by atoms with Gasteiger partial charge in [-0.1, -0.05) is 15.9 Å². The summed E-state index contributed by atoms with van der Waals surface area (Å²) in [6.45, 7) is 3.40. The van der Waals surface area contributed by atoms with E-state index in [2.05, 4.69) is 25.9 Å². The Kier molecular flexibility index (Phi) is 3.70. The molecular formula is C10H13BrFN3O. The molecule has 0 radical (unpaired) electrons. The molecule has 2 heterocycles. The van der Waals surface area contributed by atoms with Gasteiger partial charge in [-0.3, -0.25) is 0 Å². The Balaban J connectivity index is 2.14. The maximum atomic E-state index is 12.7. The first kappa shape index (κ1) is 11.7. The molecule has 88 valence electrons. The molecule has 1 saturated heterocycles. The molecule has 0 saturated carbocycles. The van der Waals surface area contributed by atoms with E-state index in [9.17, 15) is 4.39 Å². The number of anilines is 1. The molecule has 2 rings (SSSR count). The molecule has 0 aliphatic carbocycles. The van der Waals surface area contributed by atoms with Crippen molar-refractivity contribution in [2.24, 2.45) is 0 Å². The van der Waals surface area contributed by atoms with Crippen molar-refractivity contribution in [3.8, 4) is 0 Å². The van der Waals surface area contributed by atoms with Gasteiger partial charge in [-0.05, 0) is 6.92 Å². The minimum absolute atomic E-state index is 0.129. The summed E-state index contributed by atoms with van der Waals surface area (Å²) in [5, 5.41) is 0.775. The third-order valence-corrected chi connectivity index (χ3v) is 3.26. The third-order valence-electron chi connectivity index (χ3n) is 2.54. The molecule has 16 heavy (non-hydrogen) atoms. The van der Waals surface area contributed by atoms with Crippen molar-refractivity contribution in [2.75, 3.05) is 23.4 Å². The minimum Gasteiger partial charge on any atom is -0.373 e. The van der Waals surface area contributed by atoms with E-state index in [1.807, 2.05) is 11.8 Å². The van der Waals surface area contributed by atoms with Crippen molar-refractivity contribution in [1.29, 1.82) is 0 Å². The summed E-state index contributed by atoms with van der Waals surface area (Å²) in [6, 6.07) is 0.209. The van der Waals surface area contributed by atoms with Crippen LogP contribution in [0.4, 0.5) is 10.3 Å². The zero-order valence-corrected chi connectivity index (χ0v) is 10.5. The molecule has 0 bridgehead atoms. The smallest absolute Gasteiger partial charge is 0.225 e. The highest BCUT2D eigenvalue weighted by Crippen LogP contribution is 2.18. The van der Waals surface area contributed by atoms with E-state index in [1.54, 1.807) is 0 Å². The van der Waals surface area contributed by atoms with Crippen LogP contribution in [0.1, 0.15) is 6.92 Å². The highest BCUT2D eigenvalue weighted by molar-refractivity contribution is 9.09. The van der Waals surface area contributed by atoms with E-state index >= 15 is 0 Å². The van der Waals surface area contributed by atoms with Gasteiger partial charge in [0.25, 0.3) is 0 Å². The molecule has 2 unspecified atom stereocenters. The van der Waals surface area contributed by atoms with Crippen molar-refractivity contribution in [1.82, 2.24) is 9.97 Å². The van der Waals surface area contributed by atoms with Crippen LogP contribution in [0.2, 0.25) is 0 Å². The van der Waals surface area contributed by atoms with Crippen LogP contribution in [0.15, 0.2) is 12.4 Å². The number of ether oxygens (including phenoxy) is 1.